The molecule has 122 valence electrons. The lowest BCUT2D eigenvalue weighted by Gasteiger charge is -2.35. The lowest BCUT2D eigenvalue weighted by molar-refractivity contribution is 0.172. The number of nitrogens with two attached hydrogens (primary N) is 1. The van der Waals surface area contributed by atoms with Crippen LogP contribution in [0.3, 0.4) is 0 Å². The number of aliphatic hydroxyl groups is 1. The molecule has 0 aliphatic heterocycles. The Morgan fingerprint density at radius 1 is 1.43 bits per heavy atom. The van der Waals surface area contributed by atoms with Crippen molar-refractivity contribution in [2.75, 3.05) is 11.1 Å². The normalized spacial score (nSPS) is 35.1. The quantitative estimate of drug-likeness (QED) is 0.736. The molecule has 2 fully saturated rings. The van der Waals surface area contributed by atoms with Crippen molar-refractivity contribution in [2.45, 2.75) is 38.3 Å². The van der Waals surface area contributed by atoms with Gasteiger partial charge in [0, 0.05) is 22.5 Å². The van der Waals surface area contributed by atoms with Gasteiger partial charge in [-0.05, 0) is 25.7 Å². The average Bonchev–Trinajstić information content (AvgIpc) is 2.87. The number of nitrogens with zero attached hydrogens (tertiary/aromatic N) is 3. The highest BCUT2D eigenvalue weighted by Gasteiger charge is 2.73. The Kier molecular flexibility index (Phi) is 3.14. The molecule has 4 unspecified atom stereocenters. The third-order valence-corrected chi connectivity index (χ3v) is 6.79. The Morgan fingerprint density at radius 2 is 2.22 bits per heavy atom. The van der Waals surface area contributed by atoms with Crippen LogP contribution in [0, 0.1) is 11.3 Å². The standard InChI is InChI=1S/C15H18ClN5OS/c1-14(4-3-7-9(22)15(7,14)2)21-11-8(12-18-5-6-23-12)10(16)19-13(17)20-11/h5-7,9,22H,3-4H2,1-2H3,(H3,17,19,20,21). The van der Waals surface area contributed by atoms with E-state index in [4.69, 9.17) is 17.3 Å². The van der Waals surface area contributed by atoms with Crippen LogP contribution >= 0.6 is 22.9 Å². The van der Waals surface area contributed by atoms with Crippen molar-refractivity contribution in [3.8, 4) is 10.6 Å². The van der Waals surface area contributed by atoms with Crippen molar-refractivity contribution in [3.05, 3.63) is 16.7 Å². The molecule has 2 aliphatic carbocycles. The largest absolute Gasteiger partial charge is 0.392 e. The zero-order chi connectivity index (χ0) is 16.4. The first-order chi connectivity index (χ1) is 10.9. The summed E-state index contributed by atoms with van der Waals surface area (Å²) in [6.45, 7) is 4.25. The van der Waals surface area contributed by atoms with E-state index in [0.29, 0.717) is 17.3 Å². The van der Waals surface area contributed by atoms with Crippen molar-refractivity contribution >= 4 is 34.7 Å². The lowest BCUT2D eigenvalue weighted by Crippen LogP contribution is -2.43. The number of nitrogens with one attached hydrogen (secondary N) is 1. The fourth-order valence-electron chi connectivity index (χ4n) is 4.02. The molecule has 8 heteroatoms. The van der Waals surface area contributed by atoms with E-state index in [1.165, 1.54) is 11.3 Å². The van der Waals surface area contributed by atoms with Crippen molar-refractivity contribution in [1.29, 1.82) is 0 Å². The Morgan fingerprint density at radius 3 is 2.83 bits per heavy atom. The van der Waals surface area contributed by atoms with Gasteiger partial charge in [0.1, 0.15) is 16.0 Å². The van der Waals surface area contributed by atoms with E-state index in [9.17, 15) is 5.11 Å². The molecule has 0 spiro atoms. The molecular formula is C15H18ClN5OS. The maximum absolute atomic E-state index is 10.2. The second-order valence-corrected chi connectivity index (χ2v) is 8.02. The van der Waals surface area contributed by atoms with E-state index in [1.807, 2.05) is 5.38 Å². The van der Waals surface area contributed by atoms with E-state index in [2.05, 4.69) is 34.1 Å². The Bertz CT molecular complexity index is 769. The molecular weight excluding hydrogens is 334 g/mol. The molecule has 2 aromatic rings. The molecule has 2 aromatic heterocycles. The molecule has 4 N–H and O–H groups in total. The van der Waals surface area contributed by atoms with Crippen LogP contribution in [0.15, 0.2) is 11.6 Å². The molecule has 6 nitrogen and oxygen atoms in total. The van der Waals surface area contributed by atoms with Gasteiger partial charge >= 0.3 is 0 Å². The number of aromatic nitrogens is 3. The molecule has 2 heterocycles. The van der Waals surface area contributed by atoms with Crippen molar-refractivity contribution in [2.24, 2.45) is 11.3 Å². The SMILES string of the molecule is CC1(Nc2nc(N)nc(Cl)c2-c2nccs2)CCC2C(O)C21C. The smallest absolute Gasteiger partial charge is 0.223 e. The number of hydrogen-bond acceptors (Lipinski definition) is 7. The predicted molar refractivity (Wildman–Crippen MR) is 91.4 cm³/mol. The summed E-state index contributed by atoms with van der Waals surface area (Å²) in [6, 6.07) is 0. The fraction of sp³-hybridized carbons (Fsp3) is 0.533. The lowest BCUT2D eigenvalue weighted by atomic mass is 9.84. The van der Waals surface area contributed by atoms with E-state index < -0.39 is 0 Å². The summed E-state index contributed by atoms with van der Waals surface area (Å²) in [5, 5.41) is 16.7. The van der Waals surface area contributed by atoms with Gasteiger partial charge in [0.05, 0.1) is 11.7 Å². The van der Waals surface area contributed by atoms with Gasteiger partial charge in [-0.2, -0.15) is 4.98 Å². The third kappa shape index (κ3) is 2.00. The van der Waals surface area contributed by atoms with Gasteiger partial charge in [-0.3, -0.25) is 0 Å². The van der Waals surface area contributed by atoms with Gasteiger partial charge in [0.15, 0.2) is 0 Å². The van der Waals surface area contributed by atoms with Crippen molar-refractivity contribution in [1.82, 2.24) is 15.0 Å². The summed E-state index contributed by atoms with van der Waals surface area (Å²) in [5.74, 6) is 1.05. The molecule has 23 heavy (non-hydrogen) atoms. The van der Waals surface area contributed by atoms with Crippen molar-refractivity contribution < 1.29 is 5.11 Å². The highest BCUT2D eigenvalue weighted by molar-refractivity contribution is 7.13. The number of hydrogen-bond donors (Lipinski definition) is 3. The van der Waals surface area contributed by atoms with Crippen LogP contribution in [0.4, 0.5) is 11.8 Å². The number of halogens is 1. The topological polar surface area (TPSA) is 97.0 Å². The molecule has 0 saturated heterocycles. The average molecular weight is 352 g/mol. The van der Waals surface area contributed by atoms with E-state index in [1.54, 1.807) is 6.20 Å². The van der Waals surface area contributed by atoms with Gasteiger partial charge < -0.3 is 16.2 Å². The minimum Gasteiger partial charge on any atom is -0.392 e. The van der Waals surface area contributed by atoms with E-state index in [-0.39, 0.29) is 28.2 Å². The van der Waals surface area contributed by atoms with E-state index >= 15 is 0 Å². The van der Waals surface area contributed by atoms with Crippen LogP contribution in [0.2, 0.25) is 5.15 Å². The molecule has 0 radical (unpaired) electrons. The van der Waals surface area contributed by atoms with Gasteiger partial charge in [-0.25, -0.2) is 9.97 Å². The summed E-state index contributed by atoms with van der Waals surface area (Å²) in [7, 11) is 0. The molecule has 2 saturated carbocycles. The number of aliphatic hydroxyl groups excluding tert-OH is 1. The van der Waals surface area contributed by atoms with Crippen LogP contribution in [-0.4, -0.2) is 31.7 Å². The van der Waals surface area contributed by atoms with Gasteiger partial charge in [-0.15, -0.1) is 11.3 Å². The summed E-state index contributed by atoms with van der Waals surface area (Å²) in [4.78, 5) is 12.7. The first-order valence-corrected chi connectivity index (χ1v) is 8.82. The van der Waals surface area contributed by atoms with Crippen LogP contribution in [0.25, 0.3) is 10.6 Å². The summed E-state index contributed by atoms with van der Waals surface area (Å²) in [6.07, 6.45) is 3.41. The highest BCUT2D eigenvalue weighted by atomic mass is 35.5. The summed E-state index contributed by atoms with van der Waals surface area (Å²) in [5.41, 5.74) is 6.03. The van der Waals surface area contributed by atoms with Gasteiger partial charge in [-0.1, -0.05) is 18.5 Å². The molecule has 4 atom stereocenters. The summed E-state index contributed by atoms with van der Waals surface area (Å²) < 4.78 is 0. The van der Waals surface area contributed by atoms with Crippen LogP contribution < -0.4 is 11.1 Å². The Hall–Kier alpha value is -1.44. The van der Waals surface area contributed by atoms with Gasteiger partial charge in [0.25, 0.3) is 0 Å². The molecule has 2 aliphatic rings. The number of fused-ring (bicyclic) bond motifs is 1. The first kappa shape index (κ1) is 15.1. The van der Waals surface area contributed by atoms with Crippen LogP contribution in [0.5, 0.6) is 0 Å². The Balaban J connectivity index is 1.78. The zero-order valence-corrected chi connectivity index (χ0v) is 14.4. The highest BCUT2D eigenvalue weighted by Crippen LogP contribution is 2.68. The fourth-order valence-corrected chi connectivity index (χ4v) is 5.02. The minimum absolute atomic E-state index is 0.123. The number of nitrogen functional groups attached to an aromatic ring is 1. The molecule has 4 rings (SSSR count). The second kappa shape index (κ2) is 4.78. The number of anilines is 2. The van der Waals surface area contributed by atoms with Crippen molar-refractivity contribution in [3.63, 3.8) is 0 Å². The number of thiazole rings is 1. The third-order valence-electron chi connectivity index (χ3n) is 5.72. The molecule has 0 bridgehead atoms. The molecule has 0 aromatic carbocycles. The predicted octanol–water partition coefficient (Wildman–Crippen LogP) is 2.80. The Labute approximate surface area is 143 Å². The number of rotatable bonds is 3. The minimum atomic E-state index is -0.272. The van der Waals surface area contributed by atoms with Crippen LogP contribution in [0.1, 0.15) is 26.7 Å². The summed E-state index contributed by atoms with van der Waals surface area (Å²) >= 11 is 7.79. The monoisotopic (exact) mass is 351 g/mol. The maximum atomic E-state index is 10.2. The van der Waals surface area contributed by atoms with Crippen LogP contribution in [-0.2, 0) is 0 Å². The zero-order valence-electron chi connectivity index (χ0n) is 12.9. The van der Waals surface area contributed by atoms with Gasteiger partial charge in [0.2, 0.25) is 5.95 Å². The van der Waals surface area contributed by atoms with E-state index in [0.717, 1.165) is 17.8 Å². The maximum Gasteiger partial charge on any atom is 0.223 e. The molecule has 0 amide bonds. The second-order valence-electron chi connectivity index (χ2n) is 6.76. The first-order valence-electron chi connectivity index (χ1n) is 7.56.